The summed E-state index contributed by atoms with van der Waals surface area (Å²) in [7, 11) is 0. The Labute approximate surface area is 177 Å². The maximum Gasteiger partial charge on any atom is 0.418 e. The van der Waals surface area contributed by atoms with Crippen LogP contribution in [0.5, 0.6) is 0 Å². The van der Waals surface area contributed by atoms with E-state index < -0.39 is 11.7 Å². The van der Waals surface area contributed by atoms with E-state index >= 15 is 0 Å². The van der Waals surface area contributed by atoms with Gasteiger partial charge in [0.1, 0.15) is 0 Å². The first-order valence-corrected chi connectivity index (χ1v) is 9.85. The summed E-state index contributed by atoms with van der Waals surface area (Å²) in [6.07, 6.45) is -4.62. The molecule has 0 saturated carbocycles. The van der Waals surface area contributed by atoms with Crippen LogP contribution in [0.4, 0.5) is 13.2 Å². The van der Waals surface area contributed by atoms with Crippen LogP contribution in [0.2, 0.25) is 5.02 Å². The van der Waals surface area contributed by atoms with Gasteiger partial charge in [0.2, 0.25) is 5.89 Å². The predicted molar refractivity (Wildman–Crippen MR) is 103 cm³/mol. The van der Waals surface area contributed by atoms with Gasteiger partial charge in [-0.3, -0.25) is 0 Å². The molecule has 30 heavy (non-hydrogen) atoms. The zero-order valence-electron chi connectivity index (χ0n) is 15.3. The standard InChI is InChI=1S/C18H12ClF3N6OS/c1-10-2-4-11(5-3-10)16-24-25-17(29-16)30-9-15-23-26-27-28(15)14-7-6-12(19)8-13(14)18(20,21)22/h2-8H,9H2,1H3. The molecule has 2 aromatic carbocycles. The molecule has 7 nitrogen and oxygen atoms in total. The van der Waals surface area contributed by atoms with E-state index in [1.165, 1.54) is 12.1 Å². The lowest BCUT2D eigenvalue weighted by Crippen LogP contribution is -2.13. The van der Waals surface area contributed by atoms with Gasteiger partial charge in [-0.1, -0.05) is 41.1 Å². The molecule has 2 aromatic heterocycles. The number of benzene rings is 2. The third-order valence-corrected chi connectivity index (χ3v) is 5.11. The Bertz CT molecular complexity index is 1180. The van der Waals surface area contributed by atoms with Gasteiger partial charge in [0.25, 0.3) is 5.22 Å². The predicted octanol–water partition coefficient (Wildman–Crippen LogP) is 4.99. The third kappa shape index (κ3) is 4.31. The lowest BCUT2D eigenvalue weighted by atomic mass is 10.1. The molecule has 2 heterocycles. The van der Waals surface area contributed by atoms with Crippen LogP contribution in [0.1, 0.15) is 17.0 Å². The molecule has 0 unspecified atom stereocenters. The maximum absolute atomic E-state index is 13.4. The van der Waals surface area contributed by atoms with Crippen LogP contribution in [0, 0.1) is 6.92 Å². The molecular formula is C18H12ClF3N6OS. The lowest BCUT2D eigenvalue weighted by molar-refractivity contribution is -0.137. The molecule has 0 saturated heterocycles. The summed E-state index contributed by atoms with van der Waals surface area (Å²) in [5, 5.41) is 19.2. The van der Waals surface area contributed by atoms with Gasteiger partial charge in [-0.15, -0.1) is 15.3 Å². The Hall–Kier alpha value is -2.92. The van der Waals surface area contributed by atoms with Gasteiger partial charge < -0.3 is 4.42 Å². The maximum atomic E-state index is 13.4. The normalized spacial score (nSPS) is 11.8. The van der Waals surface area contributed by atoms with Crippen LogP contribution in [-0.4, -0.2) is 30.4 Å². The van der Waals surface area contributed by atoms with Crippen molar-refractivity contribution in [1.29, 1.82) is 0 Å². The highest BCUT2D eigenvalue weighted by Crippen LogP contribution is 2.36. The van der Waals surface area contributed by atoms with E-state index in [0.29, 0.717) is 5.89 Å². The molecule has 0 aliphatic rings. The van der Waals surface area contributed by atoms with E-state index in [9.17, 15) is 13.2 Å². The first-order valence-electron chi connectivity index (χ1n) is 8.49. The van der Waals surface area contributed by atoms with Crippen LogP contribution < -0.4 is 0 Å². The number of tetrazole rings is 1. The molecule has 0 atom stereocenters. The van der Waals surface area contributed by atoms with Gasteiger partial charge in [-0.2, -0.15) is 17.9 Å². The van der Waals surface area contributed by atoms with Gasteiger partial charge in [-0.05, 0) is 47.7 Å². The van der Waals surface area contributed by atoms with Crippen molar-refractivity contribution in [3.8, 4) is 17.1 Å². The number of hydrogen-bond donors (Lipinski definition) is 0. The highest BCUT2D eigenvalue weighted by Gasteiger charge is 2.35. The van der Waals surface area contributed by atoms with Crippen molar-refractivity contribution in [2.75, 3.05) is 0 Å². The number of hydrogen-bond acceptors (Lipinski definition) is 7. The van der Waals surface area contributed by atoms with Gasteiger partial charge in [0.05, 0.1) is 17.0 Å². The van der Waals surface area contributed by atoms with Gasteiger partial charge in [0.15, 0.2) is 5.82 Å². The minimum Gasteiger partial charge on any atom is -0.411 e. The Morgan fingerprint density at radius 3 is 2.57 bits per heavy atom. The fourth-order valence-corrected chi connectivity index (χ4v) is 3.45. The van der Waals surface area contributed by atoms with E-state index in [0.717, 1.165) is 33.6 Å². The smallest absolute Gasteiger partial charge is 0.411 e. The monoisotopic (exact) mass is 452 g/mol. The number of aryl methyl sites for hydroxylation is 1. The highest BCUT2D eigenvalue weighted by atomic mass is 35.5. The molecule has 0 fully saturated rings. The highest BCUT2D eigenvalue weighted by molar-refractivity contribution is 7.98. The molecule has 4 rings (SSSR count). The van der Waals surface area contributed by atoms with E-state index in [1.807, 2.05) is 31.2 Å². The average Bonchev–Trinajstić information content (AvgIpc) is 3.35. The number of nitrogens with zero attached hydrogens (tertiary/aromatic N) is 6. The second kappa shape index (κ2) is 8.07. The molecule has 12 heteroatoms. The van der Waals surface area contributed by atoms with Crippen molar-refractivity contribution in [2.24, 2.45) is 0 Å². The number of aromatic nitrogens is 6. The third-order valence-electron chi connectivity index (χ3n) is 4.06. The van der Waals surface area contributed by atoms with Crippen LogP contribution in [0.3, 0.4) is 0 Å². The number of rotatable bonds is 5. The zero-order valence-corrected chi connectivity index (χ0v) is 16.8. The largest absolute Gasteiger partial charge is 0.418 e. The lowest BCUT2D eigenvalue weighted by Gasteiger charge is -2.13. The van der Waals surface area contributed by atoms with Crippen molar-refractivity contribution in [3.05, 3.63) is 64.4 Å². The fourth-order valence-electron chi connectivity index (χ4n) is 2.61. The quantitative estimate of drug-likeness (QED) is 0.395. The topological polar surface area (TPSA) is 82.5 Å². The van der Waals surface area contributed by atoms with E-state index in [1.54, 1.807) is 0 Å². The van der Waals surface area contributed by atoms with Crippen molar-refractivity contribution in [3.63, 3.8) is 0 Å². The fraction of sp³-hybridized carbons (Fsp3) is 0.167. The molecule has 154 valence electrons. The van der Waals surface area contributed by atoms with E-state index in [2.05, 4.69) is 25.7 Å². The Balaban J connectivity index is 1.55. The molecule has 0 amide bonds. The average molecular weight is 453 g/mol. The Morgan fingerprint density at radius 1 is 1.07 bits per heavy atom. The number of thioether (sulfide) groups is 1. The number of halogens is 4. The molecule has 0 aliphatic carbocycles. The first kappa shape index (κ1) is 20.4. The van der Waals surface area contributed by atoms with Gasteiger partial charge in [0, 0.05) is 10.6 Å². The van der Waals surface area contributed by atoms with E-state index in [4.69, 9.17) is 16.0 Å². The second-order valence-electron chi connectivity index (χ2n) is 6.19. The summed E-state index contributed by atoms with van der Waals surface area (Å²) in [5.41, 5.74) is 0.701. The summed E-state index contributed by atoms with van der Waals surface area (Å²) < 4.78 is 46.9. The summed E-state index contributed by atoms with van der Waals surface area (Å²) in [5.74, 6) is 0.639. The Kier molecular flexibility index (Phi) is 5.48. The summed E-state index contributed by atoms with van der Waals surface area (Å²) in [6.45, 7) is 1.97. The van der Waals surface area contributed by atoms with Crippen LogP contribution >= 0.6 is 23.4 Å². The molecule has 0 spiro atoms. The summed E-state index contributed by atoms with van der Waals surface area (Å²) >= 11 is 6.85. The van der Waals surface area contributed by atoms with Crippen LogP contribution in [0.25, 0.3) is 17.1 Å². The molecule has 0 N–H and O–H groups in total. The minimum absolute atomic E-state index is 0.0374. The van der Waals surface area contributed by atoms with Crippen LogP contribution in [-0.2, 0) is 11.9 Å². The SMILES string of the molecule is Cc1ccc(-c2nnc(SCc3nnnn3-c3ccc(Cl)cc3C(F)(F)F)o2)cc1. The minimum atomic E-state index is -4.62. The molecular weight excluding hydrogens is 441 g/mol. The zero-order chi connectivity index (χ0) is 21.3. The van der Waals surface area contributed by atoms with Gasteiger partial charge >= 0.3 is 6.18 Å². The van der Waals surface area contributed by atoms with Gasteiger partial charge in [-0.25, -0.2) is 0 Å². The number of alkyl halides is 3. The molecule has 0 radical (unpaired) electrons. The first-order chi connectivity index (χ1) is 14.3. The van der Waals surface area contributed by atoms with Crippen molar-refractivity contribution >= 4 is 23.4 Å². The summed E-state index contributed by atoms with van der Waals surface area (Å²) in [6, 6.07) is 11.0. The van der Waals surface area contributed by atoms with Crippen molar-refractivity contribution < 1.29 is 17.6 Å². The van der Waals surface area contributed by atoms with Crippen molar-refractivity contribution in [1.82, 2.24) is 30.4 Å². The molecule has 0 bridgehead atoms. The van der Waals surface area contributed by atoms with Crippen LogP contribution in [0.15, 0.2) is 52.1 Å². The Morgan fingerprint density at radius 2 is 1.83 bits per heavy atom. The second-order valence-corrected chi connectivity index (χ2v) is 7.56. The van der Waals surface area contributed by atoms with E-state index in [-0.39, 0.29) is 27.5 Å². The van der Waals surface area contributed by atoms with Crippen molar-refractivity contribution in [2.45, 2.75) is 24.1 Å². The molecule has 4 aromatic rings. The summed E-state index contributed by atoms with van der Waals surface area (Å²) in [4.78, 5) is 0. The molecule has 0 aliphatic heterocycles.